The van der Waals surface area contributed by atoms with Gasteiger partial charge < -0.3 is 10.2 Å². The van der Waals surface area contributed by atoms with Crippen LogP contribution >= 0.6 is 15.9 Å². The van der Waals surface area contributed by atoms with Crippen molar-refractivity contribution < 1.29 is 4.79 Å². The maximum Gasteiger partial charge on any atom is 0.236 e. The first kappa shape index (κ1) is 15.5. The molecular weight excluding hydrogens is 318 g/mol. The van der Waals surface area contributed by atoms with Gasteiger partial charge in [0.05, 0.1) is 6.54 Å². The van der Waals surface area contributed by atoms with Crippen LogP contribution in [0.4, 0.5) is 0 Å². The summed E-state index contributed by atoms with van der Waals surface area (Å²) >= 11 is 3.42. The third-order valence-corrected chi connectivity index (χ3v) is 4.08. The molecular formula is C15H22BrN3O. The Kier molecular flexibility index (Phi) is 6.01. The summed E-state index contributed by atoms with van der Waals surface area (Å²) in [6.45, 7) is 5.18. The van der Waals surface area contributed by atoms with Gasteiger partial charge in [-0.25, -0.2) is 0 Å². The SMILES string of the molecule is CN(Cc1ccc(Br)cc1)C(=O)CN1CCCNCC1. The summed E-state index contributed by atoms with van der Waals surface area (Å²) in [4.78, 5) is 16.3. The number of carbonyl (C=O) groups is 1. The predicted molar refractivity (Wildman–Crippen MR) is 84.5 cm³/mol. The van der Waals surface area contributed by atoms with Crippen molar-refractivity contribution in [2.75, 3.05) is 39.8 Å². The number of halogens is 1. The van der Waals surface area contributed by atoms with E-state index in [-0.39, 0.29) is 5.91 Å². The standard InChI is InChI=1S/C15H22BrN3O/c1-18(11-13-3-5-14(16)6-4-13)15(20)12-19-9-2-7-17-8-10-19/h3-6,17H,2,7-12H2,1H3. The molecule has 0 unspecified atom stereocenters. The zero-order valence-electron chi connectivity index (χ0n) is 11.9. The first-order valence-corrected chi connectivity index (χ1v) is 7.86. The molecule has 1 aliphatic heterocycles. The molecule has 0 atom stereocenters. The van der Waals surface area contributed by atoms with E-state index < -0.39 is 0 Å². The third-order valence-electron chi connectivity index (χ3n) is 3.55. The smallest absolute Gasteiger partial charge is 0.236 e. The van der Waals surface area contributed by atoms with E-state index in [0.717, 1.165) is 42.6 Å². The van der Waals surface area contributed by atoms with Gasteiger partial charge in [0.1, 0.15) is 0 Å². The summed E-state index contributed by atoms with van der Waals surface area (Å²) in [5.74, 6) is 0.190. The predicted octanol–water partition coefficient (Wildman–Crippen LogP) is 1.70. The summed E-state index contributed by atoms with van der Waals surface area (Å²) in [7, 11) is 1.88. The van der Waals surface area contributed by atoms with Crippen molar-refractivity contribution in [2.24, 2.45) is 0 Å². The molecule has 1 N–H and O–H groups in total. The molecule has 1 saturated heterocycles. The molecule has 110 valence electrons. The Labute approximate surface area is 129 Å². The topological polar surface area (TPSA) is 35.6 Å². The number of carbonyl (C=O) groups excluding carboxylic acids is 1. The maximum absolute atomic E-state index is 12.2. The van der Waals surface area contributed by atoms with Crippen LogP contribution in [0.25, 0.3) is 0 Å². The number of hydrogen-bond acceptors (Lipinski definition) is 3. The molecule has 1 aliphatic rings. The zero-order chi connectivity index (χ0) is 14.4. The lowest BCUT2D eigenvalue weighted by molar-refractivity contribution is -0.131. The molecule has 0 aliphatic carbocycles. The molecule has 1 heterocycles. The summed E-state index contributed by atoms with van der Waals surface area (Å²) in [5.41, 5.74) is 1.15. The van der Waals surface area contributed by atoms with Crippen molar-refractivity contribution >= 4 is 21.8 Å². The van der Waals surface area contributed by atoms with Gasteiger partial charge in [-0.3, -0.25) is 9.69 Å². The molecule has 20 heavy (non-hydrogen) atoms. The second kappa shape index (κ2) is 7.76. The minimum Gasteiger partial charge on any atom is -0.340 e. The number of rotatable bonds is 4. The molecule has 0 aromatic heterocycles. The Bertz CT molecular complexity index is 427. The van der Waals surface area contributed by atoms with Crippen LogP contribution in [0.3, 0.4) is 0 Å². The van der Waals surface area contributed by atoms with Gasteiger partial charge in [-0.1, -0.05) is 28.1 Å². The highest BCUT2D eigenvalue weighted by Crippen LogP contribution is 2.12. The van der Waals surface area contributed by atoms with E-state index in [1.807, 2.05) is 36.2 Å². The van der Waals surface area contributed by atoms with E-state index in [9.17, 15) is 4.79 Å². The van der Waals surface area contributed by atoms with E-state index in [4.69, 9.17) is 0 Å². The summed E-state index contributed by atoms with van der Waals surface area (Å²) in [6.07, 6.45) is 1.11. The molecule has 0 bridgehead atoms. The average Bonchev–Trinajstić information content (AvgIpc) is 2.70. The van der Waals surface area contributed by atoms with Crippen molar-refractivity contribution in [3.63, 3.8) is 0 Å². The fourth-order valence-electron chi connectivity index (χ4n) is 2.32. The van der Waals surface area contributed by atoms with Gasteiger partial charge >= 0.3 is 0 Å². The largest absolute Gasteiger partial charge is 0.340 e. The Morgan fingerprint density at radius 3 is 2.80 bits per heavy atom. The van der Waals surface area contributed by atoms with Gasteiger partial charge in [0, 0.05) is 31.2 Å². The average molecular weight is 340 g/mol. The Balaban J connectivity index is 1.83. The Hall–Kier alpha value is -0.910. The van der Waals surface area contributed by atoms with Crippen molar-refractivity contribution in [2.45, 2.75) is 13.0 Å². The number of nitrogens with one attached hydrogen (secondary N) is 1. The number of hydrogen-bond donors (Lipinski definition) is 1. The first-order valence-electron chi connectivity index (χ1n) is 7.06. The lowest BCUT2D eigenvalue weighted by atomic mass is 10.2. The molecule has 1 aromatic rings. The van der Waals surface area contributed by atoms with Crippen LogP contribution in [0.15, 0.2) is 28.7 Å². The van der Waals surface area contributed by atoms with Gasteiger partial charge in [0.2, 0.25) is 5.91 Å². The van der Waals surface area contributed by atoms with E-state index in [1.165, 1.54) is 0 Å². The minimum absolute atomic E-state index is 0.190. The highest BCUT2D eigenvalue weighted by molar-refractivity contribution is 9.10. The first-order chi connectivity index (χ1) is 9.65. The lowest BCUT2D eigenvalue weighted by Crippen LogP contribution is -2.39. The van der Waals surface area contributed by atoms with Crippen molar-refractivity contribution in [3.8, 4) is 0 Å². The van der Waals surface area contributed by atoms with Crippen molar-refractivity contribution in [1.29, 1.82) is 0 Å². The molecule has 2 rings (SSSR count). The van der Waals surface area contributed by atoms with Gasteiger partial charge in [-0.15, -0.1) is 0 Å². The number of nitrogens with zero attached hydrogens (tertiary/aromatic N) is 2. The number of likely N-dealkylation sites (N-methyl/N-ethyl adjacent to an activating group) is 1. The molecule has 1 amide bonds. The highest BCUT2D eigenvalue weighted by Gasteiger charge is 2.15. The minimum atomic E-state index is 0.190. The van der Waals surface area contributed by atoms with Gasteiger partial charge in [0.15, 0.2) is 0 Å². The molecule has 0 saturated carbocycles. The van der Waals surface area contributed by atoms with Crippen LogP contribution < -0.4 is 5.32 Å². The fraction of sp³-hybridized carbons (Fsp3) is 0.533. The molecule has 1 fully saturated rings. The number of amides is 1. The summed E-state index contributed by atoms with van der Waals surface area (Å²) in [6, 6.07) is 8.11. The normalized spacial score (nSPS) is 16.7. The van der Waals surface area contributed by atoms with Crippen LogP contribution in [0.5, 0.6) is 0 Å². The molecule has 4 nitrogen and oxygen atoms in total. The van der Waals surface area contributed by atoms with Crippen LogP contribution in [-0.4, -0.2) is 55.5 Å². The van der Waals surface area contributed by atoms with E-state index in [2.05, 4.69) is 26.1 Å². The second-order valence-corrected chi connectivity index (χ2v) is 6.17. The fourth-order valence-corrected chi connectivity index (χ4v) is 2.59. The highest BCUT2D eigenvalue weighted by atomic mass is 79.9. The van der Waals surface area contributed by atoms with Gasteiger partial charge in [-0.2, -0.15) is 0 Å². The van der Waals surface area contributed by atoms with Crippen LogP contribution in [-0.2, 0) is 11.3 Å². The van der Waals surface area contributed by atoms with E-state index in [0.29, 0.717) is 13.1 Å². The summed E-state index contributed by atoms with van der Waals surface area (Å²) in [5, 5.41) is 3.35. The third kappa shape index (κ3) is 4.89. The van der Waals surface area contributed by atoms with Crippen LogP contribution in [0.1, 0.15) is 12.0 Å². The number of benzene rings is 1. The van der Waals surface area contributed by atoms with Gasteiger partial charge in [0.25, 0.3) is 0 Å². The maximum atomic E-state index is 12.2. The quantitative estimate of drug-likeness (QED) is 0.906. The van der Waals surface area contributed by atoms with Crippen molar-refractivity contribution in [1.82, 2.24) is 15.1 Å². The monoisotopic (exact) mass is 339 g/mol. The molecule has 0 spiro atoms. The zero-order valence-corrected chi connectivity index (χ0v) is 13.5. The molecule has 5 heteroatoms. The Morgan fingerprint density at radius 1 is 1.30 bits per heavy atom. The molecule has 0 radical (unpaired) electrons. The Morgan fingerprint density at radius 2 is 2.05 bits per heavy atom. The van der Waals surface area contributed by atoms with Crippen LogP contribution in [0, 0.1) is 0 Å². The van der Waals surface area contributed by atoms with Gasteiger partial charge in [-0.05, 0) is 37.2 Å². The van der Waals surface area contributed by atoms with Crippen LogP contribution in [0.2, 0.25) is 0 Å². The lowest BCUT2D eigenvalue weighted by Gasteiger charge is -2.23. The second-order valence-electron chi connectivity index (χ2n) is 5.26. The summed E-state index contributed by atoms with van der Waals surface area (Å²) < 4.78 is 1.06. The van der Waals surface area contributed by atoms with E-state index >= 15 is 0 Å². The van der Waals surface area contributed by atoms with Crippen molar-refractivity contribution in [3.05, 3.63) is 34.3 Å². The molecule has 1 aromatic carbocycles. The van der Waals surface area contributed by atoms with E-state index in [1.54, 1.807) is 0 Å².